The van der Waals surface area contributed by atoms with Crippen molar-refractivity contribution < 1.29 is 39.5 Å². The number of primary sulfonamides is 1. The van der Waals surface area contributed by atoms with Crippen molar-refractivity contribution >= 4 is 26.0 Å². The van der Waals surface area contributed by atoms with Crippen LogP contribution in [0.25, 0.3) is 0 Å². The topological polar surface area (TPSA) is 133 Å². The predicted molar refractivity (Wildman–Crippen MR) is 131 cm³/mol. The van der Waals surface area contributed by atoms with Crippen molar-refractivity contribution in [1.29, 1.82) is 0 Å². The average Bonchev–Trinajstić information content (AvgIpc) is 3.73. The number of sulfonamides is 2. The quantitative estimate of drug-likeness (QED) is 0.443. The van der Waals surface area contributed by atoms with Crippen molar-refractivity contribution in [2.24, 2.45) is 22.9 Å². The lowest BCUT2D eigenvalue weighted by Gasteiger charge is -2.13. The summed E-state index contributed by atoms with van der Waals surface area (Å²) >= 11 is 0. The summed E-state index contributed by atoms with van der Waals surface area (Å²) in [5.74, 6) is 6.18. The number of amides is 1. The normalized spacial score (nSPS) is 16.0. The van der Waals surface area contributed by atoms with E-state index in [9.17, 15) is 34.8 Å². The summed E-state index contributed by atoms with van der Waals surface area (Å²) in [6, 6.07) is 8.22. The molecule has 204 valence electrons. The number of carbonyl (C=O) groups is 1. The van der Waals surface area contributed by atoms with E-state index in [4.69, 9.17) is 9.88 Å². The summed E-state index contributed by atoms with van der Waals surface area (Å²) in [7, 11) is -9.11. The van der Waals surface area contributed by atoms with Gasteiger partial charge in [-0.25, -0.2) is 26.7 Å². The van der Waals surface area contributed by atoms with Crippen molar-refractivity contribution in [3.8, 4) is 17.6 Å². The third-order valence-electron chi connectivity index (χ3n) is 6.19. The Balaban J connectivity index is 1.60. The maximum atomic E-state index is 12.8. The third-order valence-corrected chi connectivity index (χ3v) is 8.68. The van der Waals surface area contributed by atoms with Crippen LogP contribution in [0.3, 0.4) is 0 Å². The second kappa shape index (κ2) is 10.6. The molecule has 0 aromatic heterocycles. The van der Waals surface area contributed by atoms with E-state index in [-0.39, 0.29) is 22.8 Å². The van der Waals surface area contributed by atoms with Gasteiger partial charge in [0.2, 0.25) is 10.0 Å². The van der Waals surface area contributed by atoms with Crippen molar-refractivity contribution in [2.45, 2.75) is 48.1 Å². The first-order valence-electron chi connectivity index (χ1n) is 11.8. The molecule has 2 aromatic rings. The van der Waals surface area contributed by atoms with Gasteiger partial charge in [0.1, 0.15) is 15.5 Å². The third kappa shape index (κ3) is 7.27. The van der Waals surface area contributed by atoms with E-state index in [1.54, 1.807) is 4.72 Å². The molecule has 2 aromatic carbocycles. The molecule has 13 heteroatoms. The highest BCUT2D eigenvalue weighted by atomic mass is 32.2. The summed E-state index contributed by atoms with van der Waals surface area (Å²) in [4.78, 5) is 11.4. The van der Waals surface area contributed by atoms with Gasteiger partial charge in [0.25, 0.3) is 15.9 Å². The lowest BCUT2D eigenvalue weighted by molar-refractivity contribution is -0.139. The van der Waals surface area contributed by atoms with Crippen LogP contribution in [0, 0.1) is 29.6 Å². The van der Waals surface area contributed by atoms with Crippen LogP contribution in [0.4, 0.5) is 13.2 Å². The van der Waals surface area contributed by atoms with Crippen LogP contribution in [-0.4, -0.2) is 35.5 Å². The summed E-state index contributed by atoms with van der Waals surface area (Å²) in [5, 5.41) is 5.09. The summed E-state index contributed by atoms with van der Waals surface area (Å²) in [5.41, 5.74) is 0.0348. The van der Waals surface area contributed by atoms with Crippen LogP contribution in [0.2, 0.25) is 0 Å². The molecular weight excluding hydrogens is 545 g/mol. The Morgan fingerprint density at radius 2 is 1.63 bits per heavy atom. The van der Waals surface area contributed by atoms with E-state index in [1.807, 2.05) is 0 Å². The zero-order valence-electron chi connectivity index (χ0n) is 20.0. The number of nitrogens with two attached hydrogens (primary N) is 1. The zero-order valence-corrected chi connectivity index (χ0v) is 21.6. The first-order chi connectivity index (χ1) is 17.7. The number of hydrogen-bond acceptors (Lipinski definition) is 6. The number of alkyl halides is 3. The molecule has 2 aliphatic carbocycles. The van der Waals surface area contributed by atoms with Gasteiger partial charge in [-0.1, -0.05) is 24.0 Å². The van der Waals surface area contributed by atoms with Gasteiger partial charge < -0.3 is 4.74 Å². The van der Waals surface area contributed by atoms with Gasteiger partial charge in [0.15, 0.2) is 0 Å². The molecule has 2 saturated carbocycles. The van der Waals surface area contributed by atoms with Crippen molar-refractivity contribution in [3.05, 3.63) is 53.6 Å². The zero-order chi connectivity index (χ0) is 27.7. The molecule has 0 saturated heterocycles. The molecule has 0 atom stereocenters. The van der Waals surface area contributed by atoms with E-state index < -0.39 is 54.9 Å². The molecule has 38 heavy (non-hydrogen) atoms. The van der Waals surface area contributed by atoms with Crippen LogP contribution < -0.4 is 14.6 Å². The number of carbonyl (C=O) groups excluding carboxylic acids is 1. The molecular formula is C25H25F3N2O6S2. The van der Waals surface area contributed by atoms with Gasteiger partial charge in [-0.05, 0) is 67.9 Å². The molecule has 2 fully saturated rings. The number of nitrogens with one attached hydrogen (secondary N) is 1. The first kappa shape index (κ1) is 27.9. The fraction of sp³-hybridized carbons (Fsp3) is 0.400. The highest BCUT2D eigenvalue weighted by molar-refractivity contribution is 7.92. The Bertz CT molecular complexity index is 1490. The Morgan fingerprint density at radius 1 is 1.03 bits per heavy atom. The van der Waals surface area contributed by atoms with Crippen molar-refractivity contribution in [2.75, 3.05) is 6.61 Å². The minimum atomic E-state index is -4.68. The molecule has 0 radical (unpaired) electrons. The number of hydrogen-bond donors (Lipinski definition) is 2. The second-order valence-electron chi connectivity index (χ2n) is 9.32. The number of ether oxygens (including phenoxy) is 1. The van der Waals surface area contributed by atoms with E-state index in [0.717, 1.165) is 43.9 Å². The molecule has 2 aliphatic rings. The smallest absolute Gasteiger partial charge is 0.392 e. The van der Waals surface area contributed by atoms with Crippen LogP contribution >= 0.6 is 0 Å². The maximum Gasteiger partial charge on any atom is 0.392 e. The van der Waals surface area contributed by atoms with Crippen LogP contribution in [-0.2, 0) is 20.0 Å². The predicted octanol–water partition coefficient (Wildman–Crippen LogP) is 3.57. The van der Waals surface area contributed by atoms with Gasteiger partial charge in [0.05, 0.1) is 18.6 Å². The van der Waals surface area contributed by atoms with Crippen molar-refractivity contribution in [1.82, 2.24) is 4.72 Å². The molecule has 8 nitrogen and oxygen atoms in total. The highest BCUT2D eigenvalue weighted by Gasteiger charge is 2.40. The van der Waals surface area contributed by atoms with Gasteiger partial charge in [-0.3, -0.25) is 4.79 Å². The number of halogens is 3. The molecule has 0 spiro atoms. The minimum absolute atomic E-state index is 0.0953. The van der Waals surface area contributed by atoms with Crippen molar-refractivity contribution in [3.63, 3.8) is 0 Å². The Kier molecular flexibility index (Phi) is 7.79. The number of benzene rings is 2. The Morgan fingerprint density at radius 3 is 2.18 bits per heavy atom. The monoisotopic (exact) mass is 570 g/mol. The lowest BCUT2D eigenvalue weighted by atomic mass is 9.98. The van der Waals surface area contributed by atoms with Gasteiger partial charge >= 0.3 is 6.18 Å². The largest absolute Gasteiger partial charge is 0.492 e. The van der Waals surface area contributed by atoms with E-state index in [1.165, 1.54) is 24.3 Å². The summed E-state index contributed by atoms with van der Waals surface area (Å²) in [6.07, 6.45) is -1.34. The maximum absolute atomic E-state index is 12.8. The Labute approximate surface area is 218 Å². The molecule has 4 rings (SSSR count). The minimum Gasteiger partial charge on any atom is -0.492 e. The molecule has 1 amide bonds. The van der Waals surface area contributed by atoms with E-state index >= 15 is 0 Å². The molecule has 0 bridgehead atoms. The fourth-order valence-corrected chi connectivity index (χ4v) is 6.36. The Hall–Kier alpha value is -3.08. The van der Waals surface area contributed by atoms with Crippen LogP contribution in [0.15, 0.2) is 52.3 Å². The molecule has 0 unspecified atom stereocenters. The van der Waals surface area contributed by atoms with E-state index in [0.29, 0.717) is 11.8 Å². The molecule has 3 N–H and O–H groups in total. The fourth-order valence-electron chi connectivity index (χ4n) is 4.00. The van der Waals surface area contributed by atoms with E-state index in [2.05, 4.69) is 11.8 Å². The SMILES string of the molecule is NS(=O)(=O)c1ccccc1S(=O)(=O)NC(=O)c1ccc(C#CC(C2CC2)C2CC2)c(OCCC(F)(F)F)c1. The standard InChI is InChI=1S/C25H25F3N2O6S2/c26-25(27,28)13-14-36-21-15-19(10-9-18(21)11-12-20(16-5-6-16)17-7-8-17)24(31)30-38(34,35)23-4-2-1-3-22(23)37(29,32)33/h1-4,9-10,15-17,20H,5-8,13-14H2,(H,30,31)(H2,29,32,33). The molecule has 0 heterocycles. The summed E-state index contributed by atoms with van der Waals surface area (Å²) < 4.78 is 94.4. The van der Waals surface area contributed by atoms with Crippen LogP contribution in [0.1, 0.15) is 48.0 Å². The molecule has 0 aliphatic heterocycles. The first-order valence-corrected chi connectivity index (χ1v) is 14.8. The highest BCUT2D eigenvalue weighted by Crippen LogP contribution is 2.48. The van der Waals surface area contributed by atoms with Gasteiger partial charge in [-0.2, -0.15) is 13.2 Å². The second-order valence-corrected chi connectivity index (χ2v) is 12.5. The average molecular weight is 571 g/mol. The summed E-state index contributed by atoms with van der Waals surface area (Å²) in [6.45, 7) is -0.724. The van der Waals surface area contributed by atoms with Gasteiger partial charge in [-0.15, -0.1) is 0 Å². The van der Waals surface area contributed by atoms with Gasteiger partial charge in [0, 0.05) is 11.5 Å². The van der Waals surface area contributed by atoms with Crippen LogP contribution in [0.5, 0.6) is 5.75 Å². The number of rotatable bonds is 9. The lowest BCUT2D eigenvalue weighted by Crippen LogP contribution is -2.32.